The average Bonchev–Trinajstić information content (AvgIpc) is 2.89. The molecule has 2 amide bonds. The minimum atomic E-state index is -0.490. The number of carbonyl (C=O) groups excluding carboxylic acids is 2. The lowest BCUT2D eigenvalue weighted by molar-refractivity contribution is -0.128. The third kappa shape index (κ3) is 4.48. The van der Waals surface area contributed by atoms with Gasteiger partial charge in [0.15, 0.2) is 5.17 Å². The molecule has 0 bridgehead atoms. The van der Waals surface area contributed by atoms with Gasteiger partial charge in [0.05, 0.1) is 5.69 Å². The Morgan fingerprint density at radius 2 is 1.72 bits per heavy atom. The summed E-state index contributed by atoms with van der Waals surface area (Å²) in [4.78, 5) is 30.2. The molecule has 0 aromatic heterocycles. The van der Waals surface area contributed by atoms with Gasteiger partial charge in [-0.1, -0.05) is 60.3 Å². The molecule has 25 heavy (non-hydrogen) atoms. The Labute approximate surface area is 150 Å². The predicted molar refractivity (Wildman–Crippen MR) is 101 cm³/mol. The summed E-state index contributed by atoms with van der Waals surface area (Å²) in [6.07, 6.45) is 0.753. The van der Waals surface area contributed by atoms with E-state index in [4.69, 9.17) is 5.73 Å². The van der Waals surface area contributed by atoms with Crippen LogP contribution in [-0.4, -0.2) is 33.7 Å². The van der Waals surface area contributed by atoms with E-state index < -0.39 is 11.2 Å². The van der Waals surface area contributed by atoms with E-state index >= 15 is 0 Å². The SMILES string of the molecule is NC(=O)CC1SC(=Nc2ccccc2)N(CCc2ccccc2)C1=O. The van der Waals surface area contributed by atoms with E-state index in [1.165, 1.54) is 11.8 Å². The molecule has 1 heterocycles. The summed E-state index contributed by atoms with van der Waals surface area (Å²) in [6.45, 7) is 0.525. The Kier molecular flexibility index (Phi) is 5.50. The summed E-state index contributed by atoms with van der Waals surface area (Å²) in [5.74, 6) is -0.579. The minimum absolute atomic E-state index is 0.0269. The third-order valence-corrected chi connectivity index (χ3v) is 5.03. The number of aliphatic imine (C=N–C) groups is 1. The van der Waals surface area contributed by atoms with Crippen LogP contribution in [0.25, 0.3) is 0 Å². The van der Waals surface area contributed by atoms with Gasteiger partial charge in [-0.25, -0.2) is 4.99 Å². The monoisotopic (exact) mass is 353 g/mol. The summed E-state index contributed by atoms with van der Waals surface area (Å²) in [5.41, 5.74) is 7.21. The zero-order valence-electron chi connectivity index (χ0n) is 13.7. The molecule has 0 aliphatic carbocycles. The highest BCUT2D eigenvalue weighted by Crippen LogP contribution is 2.31. The molecule has 1 unspecified atom stereocenters. The number of amidine groups is 1. The van der Waals surface area contributed by atoms with E-state index in [2.05, 4.69) is 4.99 Å². The predicted octanol–water partition coefficient (Wildman–Crippen LogP) is 2.74. The molecule has 0 spiro atoms. The van der Waals surface area contributed by atoms with Crippen LogP contribution < -0.4 is 5.73 Å². The van der Waals surface area contributed by atoms with E-state index in [9.17, 15) is 9.59 Å². The first-order chi connectivity index (χ1) is 12.1. The second kappa shape index (κ2) is 7.98. The van der Waals surface area contributed by atoms with Crippen LogP contribution in [0.2, 0.25) is 0 Å². The number of thioether (sulfide) groups is 1. The van der Waals surface area contributed by atoms with E-state index in [1.54, 1.807) is 4.90 Å². The first-order valence-electron chi connectivity index (χ1n) is 8.07. The summed E-state index contributed by atoms with van der Waals surface area (Å²) in [5, 5.41) is 0.133. The molecule has 2 aromatic carbocycles. The smallest absolute Gasteiger partial charge is 0.242 e. The van der Waals surface area contributed by atoms with E-state index in [0.29, 0.717) is 11.7 Å². The molecule has 6 heteroatoms. The van der Waals surface area contributed by atoms with Crippen molar-refractivity contribution in [3.63, 3.8) is 0 Å². The molecular formula is C19H19N3O2S. The number of benzene rings is 2. The number of hydrogen-bond donors (Lipinski definition) is 1. The number of nitrogens with zero attached hydrogens (tertiary/aromatic N) is 2. The zero-order chi connectivity index (χ0) is 17.6. The van der Waals surface area contributed by atoms with Crippen molar-refractivity contribution in [2.75, 3.05) is 6.54 Å². The fourth-order valence-electron chi connectivity index (χ4n) is 2.61. The van der Waals surface area contributed by atoms with Crippen LogP contribution in [0.4, 0.5) is 5.69 Å². The van der Waals surface area contributed by atoms with Crippen LogP contribution in [-0.2, 0) is 16.0 Å². The number of hydrogen-bond acceptors (Lipinski definition) is 4. The lowest BCUT2D eigenvalue weighted by Gasteiger charge is -2.16. The van der Waals surface area contributed by atoms with Crippen LogP contribution in [0.5, 0.6) is 0 Å². The zero-order valence-corrected chi connectivity index (χ0v) is 14.5. The molecule has 0 saturated carbocycles. The van der Waals surface area contributed by atoms with Gasteiger partial charge in [0, 0.05) is 13.0 Å². The van der Waals surface area contributed by atoms with Crippen LogP contribution in [0.3, 0.4) is 0 Å². The first-order valence-corrected chi connectivity index (χ1v) is 8.95. The Balaban J connectivity index is 1.80. The number of carbonyl (C=O) groups is 2. The average molecular weight is 353 g/mol. The number of para-hydroxylation sites is 1. The van der Waals surface area contributed by atoms with Gasteiger partial charge in [-0.05, 0) is 24.1 Å². The van der Waals surface area contributed by atoms with Gasteiger partial charge < -0.3 is 5.73 Å². The van der Waals surface area contributed by atoms with Crippen molar-refractivity contribution in [3.05, 3.63) is 66.2 Å². The second-order valence-electron chi connectivity index (χ2n) is 5.73. The Morgan fingerprint density at radius 1 is 1.08 bits per heavy atom. The highest BCUT2D eigenvalue weighted by molar-refractivity contribution is 8.15. The maximum Gasteiger partial charge on any atom is 0.242 e. The van der Waals surface area contributed by atoms with Gasteiger partial charge >= 0.3 is 0 Å². The molecule has 1 atom stereocenters. The number of rotatable bonds is 6. The van der Waals surface area contributed by atoms with E-state index in [1.807, 2.05) is 60.7 Å². The molecule has 2 aromatic rings. The summed E-state index contributed by atoms with van der Waals surface area (Å²) >= 11 is 1.31. The van der Waals surface area contributed by atoms with Gasteiger partial charge in [0.1, 0.15) is 5.25 Å². The van der Waals surface area contributed by atoms with Gasteiger partial charge in [0.2, 0.25) is 11.8 Å². The maximum absolute atomic E-state index is 12.7. The maximum atomic E-state index is 12.7. The topological polar surface area (TPSA) is 75.8 Å². The first kappa shape index (κ1) is 17.2. The molecule has 1 saturated heterocycles. The van der Waals surface area contributed by atoms with E-state index in [-0.39, 0.29) is 12.3 Å². The second-order valence-corrected chi connectivity index (χ2v) is 6.90. The van der Waals surface area contributed by atoms with Crippen molar-refractivity contribution in [1.29, 1.82) is 0 Å². The fourth-order valence-corrected chi connectivity index (χ4v) is 3.81. The number of nitrogens with two attached hydrogens (primary N) is 1. The third-order valence-electron chi connectivity index (χ3n) is 3.85. The Morgan fingerprint density at radius 3 is 2.36 bits per heavy atom. The minimum Gasteiger partial charge on any atom is -0.370 e. The number of amides is 2. The van der Waals surface area contributed by atoms with Crippen LogP contribution >= 0.6 is 11.8 Å². The molecule has 1 fully saturated rings. The number of primary amides is 1. The molecule has 1 aliphatic rings. The normalized spacial score (nSPS) is 18.7. The standard InChI is InChI=1S/C19H19N3O2S/c20-17(23)13-16-18(24)22(12-11-14-7-3-1-4-8-14)19(25-16)21-15-9-5-2-6-10-15/h1-10,16H,11-13H2,(H2,20,23). The summed E-state index contributed by atoms with van der Waals surface area (Å²) in [6, 6.07) is 19.5. The lowest BCUT2D eigenvalue weighted by Crippen LogP contribution is -2.35. The Hall–Kier alpha value is -2.60. The van der Waals surface area contributed by atoms with Gasteiger partial charge in [-0.15, -0.1) is 0 Å². The lowest BCUT2D eigenvalue weighted by atomic mass is 10.1. The molecule has 1 aliphatic heterocycles. The van der Waals surface area contributed by atoms with Crippen LogP contribution in [0, 0.1) is 0 Å². The van der Waals surface area contributed by atoms with Crippen molar-refractivity contribution in [2.45, 2.75) is 18.1 Å². The van der Waals surface area contributed by atoms with Crippen LogP contribution in [0.1, 0.15) is 12.0 Å². The molecule has 0 radical (unpaired) electrons. The largest absolute Gasteiger partial charge is 0.370 e. The molecule has 128 valence electrons. The summed E-state index contributed by atoms with van der Waals surface area (Å²) < 4.78 is 0. The van der Waals surface area contributed by atoms with Crippen LogP contribution in [0.15, 0.2) is 65.7 Å². The fraction of sp³-hybridized carbons (Fsp3) is 0.211. The quantitative estimate of drug-likeness (QED) is 0.867. The summed E-state index contributed by atoms with van der Waals surface area (Å²) in [7, 11) is 0. The van der Waals surface area contributed by atoms with Crippen molar-refractivity contribution < 1.29 is 9.59 Å². The highest BCUT2D eigenvalue weighted by atomic mass is 32.2. The van der Waals surface area contributed by atoms with Gasteiger partial charge in [-0.2, -0.15) is 0 Å². The highest BCUT2D eigenvalue weighted by Gasteiger charge is 2.38. The van der Waals surface area contributed by atoms with Gasteiger partial charge in [-0.3, -0.25) is 14.5 Å². The molecular weight excluding hydrogens is 334 g/mol. The van der Waals surface area contributed by atoms with Crippen molar-refractivity contribution in [2.24, 2.45) is 10.7 Å². The molecule has 5 nitrogen and oxygen atoms in total. The van der Waals surface area contributed by atoms with Crippen molar-refractivity contribution in [3.8, 4) is 0 Å². The molecule has 2 N–H and O–H groups in total. The van der Waals surface area contributed by atoms with Gasteiger partial charge in [0.25, 0.3) is 0 Å². The molecule has 3 rings (SSSR count). The van der Waals surface area contributed by atoms with E-state index in [0.717, 1.165) is 17.7 Å². The van der Waals surface area contributed by atoms with Crippen molar-refractivity contribution in [1.82, 2.24) is 4.90 Å². The Bertz CT molecular complexity index is 778. The van der Waals surface area contributed by atoms with Crippen molar-refractivity contribution >= 4 is 34.4 Å².